The van der Waals surface area contributed by atoms with Gasteiger partial charge in [-0.1, -0.05) is 25.3 Å². The van der Waals surface area contributed by atoms with Crippen LogP contribution in [0, 0.1) is 5.92 Å². The summed E-state index contributed by atoms with van der Waals surface area (Å²) in [5.74, 6) is 0.228. The van der Waals surface area contributed by atoms with Gasteiger partial charge in [-0.15, -0.1) is 11.3 Å². The fraction of sp³-hybridized carbons (Fsp3) is 0.615. The summed E-state index contributed by atoms with van der Waals surface area (Å²) in [5.41, 5.74) is 0. The van der Waals surface area contributed by atoms with Crippen LogP contribution >= 0.6 is 11.3 Å². The van der Waals surface area contributed by atoms with E-state index in [1.54, 1.807) is 0 Å². The Morgan fingerprint density at radius 2 is 2.24 bits per heavy atom. The Kier molecular flexibility index (Phi) is 4.57. The monoisotopic (exact) mass is 253 g/mol. The molecule has 0 aliphatic heterocycles. The number of aliphatic hydroxyl groups excluding tert-OH is 1. The molecule has 1 aliphatic rings. The number of hydrogen-bond acceptors (Lipinski definition) is 3. The lowest BCUT2D eigenvalue weighted by Crippen LogP contribution is -2.40. The van der Waals surface area contributed by atoms with Crippen LogP contribution in [-0.4, -0.2) is 23.7 Å². The van der Waals surface area contributed by atoms with E-state index in [2.05, 4.69) is 5.32 Å². The van der Waals surface area contributed by atoms with Gasteiger partial charge in [-0.25, -0.2) is 0 Å². The van der Waals surface area contributed by atoms with Crippen molar-refractivity contribution < 1.29 is 9.90 Å². The number of carbonyl (C=O) groups is 1. The van der Waals surface area contributed by atoms with Gasteiger partial charge in [-0.05, 0) is 24.3 Å². The fourth-order valence-electron chi connectivity index (χ4n) is 2.44. The van der Waals surface area contributed by atoms with E-state index in [1.165, 1.54) is 17.8 Å². The van der Waals surface area contributed by atoms with Gasteiger partial charge in [-0.3, -0.25) is 4.79 Å². The highest BCUT2D eigenvalue weighted by Crippen LogP contribution is 2.23. The molecule has 1 heterocycles. The van der Waals surface area contributed by atoms with Crippen LogP contribution in [0.25, 0.3) is 0 Å². The van der Waals surface area contributed by atoms with Crippen LogP contribution in [0.5, 0.6) is 0 Å². The number of amides is 1. The maximum absolute atomic E-state index is 12.0. The van der Waals surface area contributed by atoms with Crippen LogP contribution in [0.1, 0.15) is 41.8 Å². The number of hydrogen-bond donors (Lipinski definition) is 2. The molecule has 94 valence electrons. The van der Waals surface area contributed by atoms with E-state index in [1.807, 2.05) is 17.5 Å². The van der Waals surface area contributed by atoms with Crippen molar-refractivity contribution in [2.24, 2.45) is 5.92 Å². The molecule has 1 aromatic rings. The van der Waals surface area contributed by atoms with Crippen LogP contribution in [0.4, 0.5) is 0 Å². The molecule has 1 saturated carbocycles. The van der Waals surface area contributed by atoms with E-state index >= 15 is 0 Å². The molecule has 3 nitrogen and oxygen atoms in total. The molecule has 2 rings (SSSR count). The molecule has 2 unspecified atom stereocenters. The first-order chi connectivity index (χ1) is 8.31. The summed E-state index contributed by atoms with van der Waals surface area (Å²) >= 11 is 1.46. The van der Waals surface area contributed by atoms with Crippen LogP contribution < -0.4 is 5.32 Å². The third kappa shape index (κ3) is 3.30. The van der Waals surface area contributed by atoms with Crippen LogP contribution in [0.3, 0.4) is 0 Å². The standard InChI is InChI=1S/C13H19NO2S/c15-9-10-5-2-1-3-6-11(10)14-13(16)12-7-4-8-17-12/h4,7-8,10-11,15H,1-3,5-6,9H2,(H,14,16). The molecule has 1 aromatic heterocycles. The molecular weight excluding hydrogens is 234 g/mol. The zero-order valence-electron chi connectivity index (χ0n) is 9.89. The first-order valence-electron chi connectivity index (χ1n) is 6.26. The molecule has 0 aromatic carbocycles. The van der Waals surface area contributed by atoms with Gasteiger partial charge >= 0.3 is 0 Å². The van der Waals surface area contributed by atoms with Crippen molar-refractivity contribution in [2.75, 3.05) is 6.61 Å². The summed E-state index contributed by atoms with van der Waals surface area (Å²) in [5, 5.41) is 14.4. The Morgan fingerprint density at radius 3 is 2.94 bits per heavy atom. The van der Waals surface area contributed by atoms with E-state index in [0.29, 0.717) is 0 Å². The number of thiophene rings is 1. The molecule has 1 fully saturated rings. The Bertz CT molecular complexity index is 350. The molecule has 0 saturated heterocycles. The molecule has 1 amide bonds. The van der Waals surface area contributed by atoms with E-state index < -0.39 is 0 Å². The average Bonchev–Trinajstić information content (AvgIpc) is 2.78. The lowest BCUT2D eigenvalue weighted by atomic mass is 9.95. The van der Waals surface area contributed by atoms with Crippen molar-refractivity contribution in [2.45, 2.75) is 38.1 Å². The summed E-state index contributed by atoms with van der Waals surface area (Å²) in [6.45, 7) is 0.176. The lowest BCUT2D eigenvalue weighted by Gasteiger charge is -2.24. The van der Waals surface area contributed by atoms with Crippen molar-refractivity contribution in [3.63, 3.8) is 0 Å². The molecular formula is C13H19NO2S. The SMILES string of the molecule is O=C(NC1CCCCCC1CO)c1cccs1. The quantitative estimate of drug-likeness (QED) is 0.813. The zero-order chi connectivity index (χ0) is 12.1. The average molecular weight is 253 g/mol. The number of nitrogens with one attached hydrogen (secondary N) is 1. The predicted octanol–water partition coefficient (Wildman–Crippen LogP) is 2.42. The van der Waals surface area contributed by atoms with Crippen molar-refractivity contribution in [1.82, 2.24) is 5.32 Å². The largest absolute Gasteiger partial charge is 0.396 e. The maximum Gasteiger partial charge on any atom is 0.261 e. The molecule has 2 atom stereocenters. The van der Waals surface area contributed by atoms with E-state index in [0.717, 1.165) is 30.6 Å². The minimum Gasteiger partial charge on any atom is -0.396 e. The summed E-state index contributed by atoms with van der Waals surface area (Å²) in [6.07, 6.45) is 5.53. The third-order valence-corrected chi connectivity index (χ3v) is 4.32. The van der Waals surface area contributed by atoms with Gasteiger partial charge in [0.05, 0.1) is 4.88 Å². The number of aliphatic hydroxyl groups is 1. The second-order valence-electron chi connectivity index (χ2n) is 4.64. The molecule has 2 N–H and O–H groups in total. The van der Waals surface area contributed by atoms with Crippen molar-refractivity contribution in [1.29, 1.82) is 0 Å². The van der Waals surface area contributed by atoms with Crippen molar-refractivity contribution in [3.05, 3.63) is 22.4 Å². The molecule has 4 heteroatoms. The Labute approximate surface area is 106 Å². The van der Waals surface area contributed by atoms with E-state index in [4.69, 9.17) is 0 Å². The maximum atomic E-state index is 12.0. The van der Waals surface area contributed by atoms with E-state index in [-0.39, 0.29) is 24.5 Å². The van der Waals surface area contributed by atoms with Gasteiger partial charge in [-0.2, -0.15) is 0 Å². The number of rotatable bonds is 3. The zero-order valence-corrected chi connectivity index (χ0v) is 10.7. The third-order valence-electron chi connectivity index (χ3n) is 3.46. The molecule has 0 radical (unpaired) electrons. The molecule has 1 aliphatic carbocycles. The number of carbonyl (C=O) groups excluding carboxylic acids is 1. The Morgan fingerprint density at radius 1 is 1.41 bits per heavy atom. The highest BCUT2D eigenvalue weighted by atomic mass is 32.1. The van der Waals surface area contributed by atoms with Crippen LogP contribution in [0.15, 0.2) is 17.5 Å². The van der Waals surface area contributed by atoms with Gasteiger partial charge in [0.1, 0.15) is 0 Å². The highest BCUT2D eigenvalue weighted by Gasteiger charge is 2.24. The van der Waals surface area contributed by atoms with Crippen LogP contribution in [0.2, 0.25) is 0 Å². The minimum absolute atomic E-state index is 0.00495. The molecule has 17 heavy (non-hydrogen) atoms. The minimum atomic E-state index is 0.00495. The van der Waals surface area contributed by atoms with Crippen LogP contribution in [-0.2, 0) is 0 Å². The summed E-state index contributed by atoms with van der Waals surface area (Å²) in [4.78, 5) is 12.7. The first kappa shape index (κ1) is 12.6. The fourth-order valence-corrected chi connectivity index (χ4v) is 3.07. The topological polar surface area (TPSA) is 49.3 Å². The Balaban J connectivity index is 1.97. The van der Waals surface area contributed by atoms with Gasteiger partial charge < -0.3 is 10.4 Å². The summed E-state index contributed by atoms with van der Waals surface area (Å²) < 4.78 is 0. The van der Waals surface area contributed by atoms with Gasteiger partial charge in [0.2, 0.25) is 0 Å². The van der Waals surface area contributed by atoms with Crippen molar-refractivity contribution in [3.8, 4) is 0 Å². The summed E-state index contributed by atoms with van der Waals surface area (Å²) in [6, 6.07) is 3.86. The van der Waals surface area contributed by atoms with Crippen molar-refractivity contribution >= 4 is 17.2 Å². The lowest BCUT2D eigenvalue weighted by molar-refractivity contribution is 0.0903. The summed E-state index contributed by atoms with van der Waals surface area (Å²) in [7, 11) is 0. The first-order valence-corrected chi connectivity index (χ1v) is 7.14. The predicted molar refractivity (Wildman–Crippen MR) is 69.2 cm³/mol. The van der Waals surface area contributed by atoms with Gasteiger partial charge in [0, 0.05) is 18.6 Å². The highest BCUT2D eigenvalue weighted by molar-refractivity contribution is 7.12. The second-order valence-corrected chi connectivity index (χ2v) is 5.59. The molecule has 0 spiro atoms. The van der Waals surface area contributed by atoms with Gasteiger partial charge in [0.15, 0.2) is 0 Å². The molecule has 0 bridgehead atoms. The van der Waals surface area contributed by atoms with E-state index in [9.17, 15) is 9.90 Å². The Hall–Kier alpha value is -0.870. The second kappa shape index (κ2) is 6.17. The smallest absolute Gasteiger partial charge is 0.261 e. The van der Waals surface area contributed by atoms with Gasteiger partial charge in [0.25, 0.3) is 5.91 Å². The normalized spacial score (nSPS) is 25.2.